The summed E-state index contributed by atoms with van der Waals surface area (Å²) >= 11 is 0. The molecule has 0 aliphatic carbocycles. The molecule has 0 amide bonds. The van der Waals surface area contributed by atoms with Gasteiger partial charge in [-0.2, -0.15) is 5.26 Å². The zero-order valence-corrected chi connectivity index (χ0v) is 21.9. The third kappa shape index (κ3) is 4.29. The third-order valence-electron chi connectivity index (χ3n) is 7.37. The Kier molecular flexibility index (Phi) is 5.93. The van der Waals surface area contributed by atoms with Gasteiger partial charge in [-0.25, -0.2) is 0 Å². The third-order valence-corrected chi connectivity index (χ3v) is 7.37. The molecule has 0 radical (unpaired) electrons. The van der Waals surface area contributed by atoms with Gasteiger partial charge in [0, 0.05) is 5.39 Å². The highest BCUT2D eigenvalue weighted by Crippen LogP contribution is 2.41. The fourth-order valence-electron chi connectivity index (χ4n) is 5.58. The Hall–Kier alpha value is -3.89. The molecule has 0 heterocycles. The highest BCUT2D eigenvalue weighted by Gasteiger charge is 2.27. The summed E-state index contributed by atoms with van der Waals surface area (Å²) in [6, 6.07) is 37.4. The molecule has 5 rings (SSSR count). The van der Waals surface area contributed by atoms with Crippen molar-refractivity contribution in [1.29, 1.82) is 5.26 Å². The van der Waals surface area contributed by atoms with Gasteiger partial charge in [0.2, 0.25) is 0 Å². The first kappa shape index (κ1) is 23.8. The average Bonchev–Trinajstić information content (AvgIpc) is 2.87. The minimum absolute atomic E-state index is 0.0792. The number of rotatable bonds is 4. The summed E-state index contributed by atoms with van der Waals surface area (Å²) in [5, 5.41) is 14.8. The first-order valence-electron chi connectivity index (χ1n) is 12.7. The van der Waals surface area contributed by atoms with Crippen molar-refractivity contribution in [3.63, 3.8) is 0 Å². The van der Waals surface area contributed by atoms with Crippen LogP contribution in [0.1, 0.15) is 56.9 Å². The zero-order chi connectivity index (χ0) is 25.5. The molecule has 0 aromatic heterocycles. The van der Waals surface area contributed by atoms with Crippen LogP contribution in [-0.4, -0.2) is 0 Å². The van der Waals surface area contributed by atoms with Gasteiger partial charge in [0.25, 0.3) is 0 Å². The molecule has 0 aliphatic rings. The summed E-state index contributed by atoms with van der Waals surface area (Å²) in [5.74, 6) is 0. The molecule has 178 valence electrons. The Bertz CT molecular complexity index is 1610. The van der Waals surface area contributed by atoms with Gasteiger partial charge in [0.1, 0.15) is 6.07 Å². The molecular formula is C35H33N. The van der Waals surface area contributed by atoms with E-state index < -0.39 is 0 Å². The van der Waals surface area contributed by atoms with E-state index >= 15 is 0 Å². The molecule has 0 spiro atoms. The highest BCUT2D eigenvalue weighted by atomic mass is 14.3. The van der Waals surface area contributed by atoms with Gasteiger partial charge in [-0.1, -0.05) is 126 Å². The number of hydrogen-bond donors (Lipinski definition) is 0. The van der Waals surface area contributed by atoms with Crippen molar-refractivity contribution in [2.24, 2.45) is 0 Å². The van der Waals surface area contributed by atoms with Gasteiger partial charge in [-0.15, -0.1) is 0 Å². The number of nitrogens with zero attached hydrogens (tertiary/aromatic N) is 1. The fourth-order valence-corrected chi connectivity index (χ4v) is 5.58. The molecule has 0 unspecified atom stereocenters. The van der Waals surface area contributed by atoms with Crippen LogP contribution in [0.25, 0.3) is 32.7 Å². The van der Waals surface area contributed by atoms with Crippen LogP contribution < -0.4 is 0 Å². The summed E-state index contributed by atoms with van der Waals surface area (Å²) in [6.45, 7) is 11.2. The van der Waals surface area contributed by atoms with Crippen molar-refractivity contribution in [2.75, 3.05) is 0 Å². The van der Waals surface area contributed by atoms with E-state index in [4.69, 9.17) is 0 Å². The summed E-state index contributed by atoms with van der Waals surface area (Å²) in [6.07, 6.45) is 0.881. The quantitative estimate of drug-likeness (QED) is 0.258. The zero-order valence-electron chi connectivity index (χ0n) is 21.9. The summed E-state index contributed by atoms with van der Waals surface area (Å²) in [5.41, 5.74) is 6.87. The maximum atomic E-state index is 10.1. The van der Waals surface area contributed by atoms with Crippen molar-refractivity contribution >= 4 is 21.5 Å². The van der Waals surface area contributed by atoms with Crippen molar-refractivity contribution in [2.45, 2.75) is 51.9 Å². The minimum Gasteiger partial charge on any atom is -0.192 e. The molecular weight excluding hydrogens is 434 g/mol. The first-order chi connectivity index (χ1) is 17.2. The van der Waals surface area contributed by atoms with Crippen LogP contribution in [0.4, 0.5) is 0 Å². The monoisotopic (exact) mass is 467 g/mol. The van der Waals surface area contributed by atoms with Crippen molar-refractivity contribution < 1.29 is 0 Å². The minimum atomic E-state index is -0.114. The molecule has 0 aliphatic heterocycles. The average molecular weight is 468 g/mol. The van der Waals surface area contributed by atoms with E-state index in [1.54, 1.807) is 0 Å². The molecule has 36 heavy (non-hydrogen) atoms. The van der Waals surface area contributed by atoms with Crippen LogP contribution in [0.3, 0.4) is 0 Å². The molecule has 5 aromatic rings. The molecule has 0 atom stereocenters. The predicted octanol–water partition coefficient (Wildman–Crippen LogP) is 9.35. The Balaban J connectivity index is 1.65. The molecule has 0 bridgehead atoms. The van der Waals surface area contributed by atoms with Gasteiger partial charge in [-0.3, -0.25) is 0 Å². The standard InChI is InChI=1S/C35H33N/c1-34(2,3)31-19-17-26-16-15-24(21-29(26)30(31)23-36)22-35(4,5)32-20-18-25-11-9-10-14-28(25)33(32)27-12-7-6-8-13-27/h6-21H,22H2,1-5H3. The summed E-state index contributed by atoms with van der Waals surface area (Å²) in [7, 11) is 0. The molecule has 1 nitrogen and oxygen atoms in total. The number of hydrogen-bond acceptors (Lipinski definition) is 1. The SMILES string of the molecule is CC(C)(C)c1ccc2ccc(CC(C)(C)c3ccc4ccccc4c3-c3ccccc3)cc2c1C#N. The second kappa shape index (κ2) is 8.96. The van der Waals surface area contributed by atoms with Crippen molar-refractivity contribution in [3.05, 3.63) is 119 Å². The Morgan fingerprint density at radius 3 is 1.94 bits per heavy atom. The topological polar surface area (TPSA) is 23.8 Å². The van der Waals surface area contributed by atoms with Gasteiger partial charge >= 0.3 is 0 Å². The van der Waals surface area contributed by atoms with Gasteiger partial charge in [-0.05, 0) is 67.3 Å². The number of nitriles is 1. The lowest BCUT2D eigenvalue weighted by atomic mass is 9.74. The maximum Gasteiger partial charge on any atom is 0.100 e. The lowest BCUT2D eigenvalue weighted by Crippen LogP contribution is -2.22. The molecule has 0 saturated carbocycles. The smallest absolute Gasteiger partial charge is 0.100 e. The maximum absolute atomic E-state index is 10.1. The Labute approximate surface area is 215 Å². The fraction of sp³-hybridized carbons (Fsp3) is 0.229. The van der Waals surface area contributed by atoms with E-state index in [0.717, 1.165) is 28.3 Å². The van der Waals surface area contributed by atoms with Crippen LogP contribution >= 0.6 is 0 Å². The van der Waals surface area contributed by atoms with Crippen LogP contribution in [-0.2, 0) is 17.3 Å². The largest absolute Gasteiger partial charge is 0.192 e. The van der Waals surface area contributed by atoms with Gasteiger partial charge in [0.15, 0.2) is 0 Å². The van der Waals surface area contributed by atoms with Crippen LogP contribution in [0.2, 0.25) is 0 Å². The van der Waals surface area contributed by atoms with E-state index in [0.29, 0.717) is 0 Å². The Morgan fingerprint density at radius 1 is 0.639 bits per heavy atom. The second-order valence-electron chi connectivity index (χ2n) is 11.5. The van der Waals surface area contributed by atoms with E-state index in [9.17, 15) is 5.26 Å². The van der Waals surface area contributed by atoms with E-state index in [1.807, 2.05) is 0 Å². The van der Waals surface area contributed by atoms with E-state index in [1.165, 1.54) is 33.0 Å². The van der Waals surface area contributed by atoms with E-state index in [-0.39, 0.29) is 10.8 Å². The highest BCUT2D eigenvalue weighted by molar-refractivity contribution is 5.99. The lowest BCUT2D eigenvalue weighted by Gasteiger charge is -2.30. The van der Waals surface area contributed by atoms with E-state index in [2.05, 4.69) is 138 Å². The van der Waals surface area contributed by atoms with Crippen molar-refractivity contribution in [1.82, 2.24) is 0 Å². The first-order valence-corrected chi connectivity index (χ1v) is 12.7. The van der Waals surface area contributed by atoms with Gasteiger partial charge < -0.3 is 0 Å². The summed E-state index contributed by atoms with van der Waals surface area (Å²) < 4.78 is 0. The van der Waals surface area contributed by atoms with Crippen LogP contribution in [0.15, 0.2) is 97.1 Å². The number of benzene rings is 5. The van der Waals surface area contributed by atoms with Gasteiger partial charge in [0.05, 0.1) is 5.56 Å². The van der Waals surface area contributed by atoms with Crippen LogP contribution in [0, 0.1) is 11.3 Å². The second-order valence-corrected chi connectivity index (χ2v) is 11.5. The molecule has 5 aromatic carbocycles. The van der Waals surface area contributed by atoms with Crippen LogP contribution in [0.5, 0.6) is 0 Å². The molecule has 1 heteroatoms. The molecule has 0 saturated heterocycles. The number of fused-ring (bicyclic) bond motifs is 2. The molecule has 0 N–H and O–H groups in total. The normalized spacial score (nSPS) is 12.1. The Morgan fingerprint density at radius 2 is 1.25 bits per heavy atom. The molecule has 0 fully saturated rings. The lowest BCUT2D eigenvalue weighted by molar-refractivity contribution is 0.524. The van der Waals surface area contributed by atoms with Crippen molar-refractivity contribution in [3.8, 4) is 17.2 Å². The predicted molar refractivity (Wildman–Crippen MR) is 153 cm³/mol. The summed E-state index contributed by atoms with van der Waals surface area (Å²) in [4.78, 5) is 0.